The summed E-state index contributed by atoms with van der Waals surface area (Å²) in [5, 5.41) is 10.2. The predicted octanol–water partition coefficient (Wildman–Crippen LogP) is 4.59. The van der Waals surface area contributed by atoms with Gasteiger partial charge in [-0.05, 0) is 75.5 Å². The summed E-state index contributed by atoms with van der Waals surface area (Å²) in [5.74, 6) is -2.89. The molecule has 3 aromatic rings. The molecule has 0 spiro atoms. The molecule has 1 aromatic carbocycles. The molecule has 37 heavy (non-hydrogen) atoms. The second-order valence-electron chi connectivity index (χ2n) is 9.46. The van der Waals surface area contributed by atoms with Crippen LogP contribution in [-0.2, 0) is 4.79 Å². The van der Waals surface area contributed by atoms with Gasteiger partial charge in [0.2, 0.25) is 0 Å². The Bertz CT molecular complexity index is 1280. The molecular formula is C26H30F3N5O3. The fraction of sp³-hybridized carbons (Fsp3) is 0.423. The van der Waals surface area contributed by atoms with Crippen LogP contribution in [0.4, 0.5) is 24.5 Å². The molecule has 2 aliphatic rings. The number of hydrogen-bond donors (Lipinski definition) is 2. The minimum Gasteiger partial charge on any atom is -0.475 e. The zero-order valence-corrected chi connectivity index (χ0v) is 20.7. The summed E-state index contributed by atoms with van der Waals surface area (Å²) in [6, 6.07) is 11.3. The van der Waals surface area contributed by atoms with Crippen molar-refractivity contribution in [1.82, 2.24) is 14.3 Å². The highest BCUT2D eigenvalue weighted by molar-refractivity contribution is 6.08. The SMILES string of the molecule is Cc1cc(NC(=O)c2cccn3ccnc23)ccc1N1CCC(N2CCCC2C)C1.O=C(O)C(F)(F)F. The van der Waals surface area contributed by atoms with Crippen molar-refractivity contribution in [2.24, 2.45) is 0 Å². The zero-order chi connectivity index (χ0) is 26.7. The summed E-state index contributed by atoms with van der Waals surface area (Å²) in [7, 11) is 0. The number of anilines is 2. The number of fused-ring (bicyclic) bond motifs is 1. The number of carbonyl (C=O) groups is 2. The van der Waals surface area contributed by atoms with Crippen LogP contribution in [0.2, 0.25) is 0 Å². The Kier molecular flexibility index (Phi) is 7.72. The highest BCUT2D eigenvalue weighted by atomic mass is 19.4. The topological polar surface area (TPSA) is 90.2 Å². The fourth-order valence-corrected chi connectivity index (χ4v) is 5.14. The highest BCUT2D eigenvalue weighted by Crippen LogP contribution is 2.31. The van der Waals surface area contributed by atoms with Crippen molar-refractivity contribution in [3.05, 3.63) is 60.0 Å². The first-order valence-corrected chi connectivity index (χ1v) is 12.2. The largest absolute Gasteiger partial charge is 0.490 e. The number of pyridine rings is 1. The standard InChI is InChI=1S/C24H29N5O.C2HF3O2/c1-17-15-19(26-24(30)21-6-4-11-27-14-10-25-23(21)27)7-8-22(17)28-13-9-20(16-28)29-12-3-5-18(29)2;3-2(4,5)1(6)7/h4,6-8,10-11,14-15,18,20H,3,5,9,12-13,16H2,1-2H3,(H,26,30);(H,6,7). The normalized spacial score (nSPS) is 20.1. The number of aliphatic carboxylic acids is 1. The van der Waals surface area contributed by atoms with Gasteiger partial charge in [-0.25, -0.2) is 9.78 Å². The molecule has 1 amide bonds. The molecule has 2 fully saturated rings. The summed E-state index contributed by atoms with van der Waals surface area (Å²) < 4.78 is 33.6. The Balaban J connectivity index is 0.000000405. The number of alkyl halides is 3. The maximum Gasteiger partial charge on any atom is 0.490 e. The van der Waals surface area contributed by atoms with Crippen LogP contribution in [0.1, 0.15) is 42.1 Å². The van der Waals surface area contributed by atoms with Gasteiger partial charge in [-0.15, -0.1) is 0 Å². The first-order valence-electron chi connectivity index (χ1n) is 12.2. The van der Waals surface area contributed by atoms with Crippen molar-refractivity contribution in [2.45, 2.75) is 51.4 Å². The number of aryl methyl sites for hydroxylation is 1. The number of nitrogens with one attached hydrogen (secondary N) is 1. The molecule has 4 heterocycles. The lowest BCUT2D eigenvalue weighted by molar-refractivity contribution is -0.192. The molecule has 11 heteroatoms. The molecule has 2 aliphatic heterocycles. The van der Waals surface area contributed by atoms with E-state index in [2.05, 4.69) is 46.1 Å². The molecule has 0 bridgehead atoms. The Morgan fingerprint density at radius 3 is 2.54 bits per heavy atom. The van der Waals surface area contributed by atoms with E-state index in [9.17, 15) is 18.0 Å². The van der Waals surface area contributed by atoms with Gasteiger partial charge in [0.1, 0.15) is 5.65 Å². The van der Waals surface area contributed by atoms with E-state index in [1.54, 1.807) is 6.20 Å². The van der Waals surface area contributed by atoms with Gasteiger partial charge in [-0.3, -0.25) is 9.69 Å². The van der Waals surface area contributed by atoms with Gasteiger partial charge in [0.25, 0.3) is 5.91 Å². The van der Waals surface area contributed by atoms with Crippen LogP contribution in [0, 0.1) is 6.92 Å². The lowest BCUT2D eigenvalue weighted by Crippen LogP contribution is -2.39. The van der Waals surface area contributed by atoms with Crippen LogP contribution in [0.5, 0.6) is 0 Å². The maximum atomic E-state index is 12.8. The summed E-state index contributed by atoms with van der Waals surface area (Å²) in [4.78, 5) is 31.2. The molecule has 2 N–H and O–H groups in total. The highest BCUT2D eigenvalue weighted by Gasteiger charge is 2.38. The molecule has 2 aromatic heterocycles. The van der Waals surface area contributed by atoms with Crippen molar-refractivity contribution < 1.29 is 27.9 Å². The molecule has 198 valence electrons. The Morgan fingerprint density at radius 2 is 1.89 bits per heavy atom. The molecule has 2 saturated heterocycles. The zero-order valence-electron chi connectivity index (χ0n) is 20.7. The number of aromatic nitrogens is 2. The van der Waals surface area contributed by atoms with Crippen LogP contribution < -0.4 is 10.2 Å². The number of nitrogens with zero attached hydrogens (tertiary/aromatic N) is 4. The summed E-state index contributed by atoms with van der Waals surface area (Å²) in [6.07, 6.45) is 4.25. The van der Waals surface area contributed by atoms with E-state index in [1.807, 2.05) is 35.0 Å². The number of amides is 1. The number of imidazole rings is 1. The number of rotatable bonds is 4. The third-order valence-electron chi connectivity index (χ3n) is 6.94. The number of carbonyl (C=O) groups excluding carboxylic acids is 1. The lowest BCUT2D eigenvalue weighted by Gasteiger charge is -2.29. The summed E-state index contributed by atoms with van der Waals surface area (Å²) in [5.41, 5.74) is 4.53. The smallest absolute Gasteiger partial charge is 0.475 e. The number of benzene rings is 1. The second kappa shape index (κ2) is 10.8. The first-order chi connectivity index (χ1) is 17.5. The molecule has 5 rings (SSSR count). The van der Waals surface area contributed by atoms with Gasteiger partial charge < -0.3 is 19.7 Å². The van der Waals surface area contributed by atoms with Crippen LogP contribution in [0.3, 0.4) is 0 Å². The van der Waals surface area contributed by atoms with Crippen LogP contribution >= 0.6 is 0 Å². The average Bonchev–Trinajstić information content (AvgIpc) is 3.59. The Hall–Kier alpha value is -3.60. The summed E-state index contributed by atoms with van der Waals surface area (Å²) >= 11 is 0. The number of likely N-dealkylation sites (tertiary alicyclic amines) is 1. The first kappa shape index (κ1) is 26.5. The number of carboxylic acids is 1. The molecule has 8 nitrogen and oxygen atoms in total. The van der Waals surface area contributed by atoms with Crippen molar-refractivity contribution in [1.29, 1.82) is 0 Å². The van der Waals surface area contributed by atoms with Gasteiger partial charge in [0, 0.05) is 55.1 Å². The van der Waals surface area contributed by atoms with E-state index in [0.717, 1.165) is 18.8 Å². The lowest BCUT2D eigenvalue weighted by atomic mass is 10.1. The van der Waals surface area contributed by atoms with E-state index >= 15 is 0 Å². The average molecular weight is 518 g/mol. The predicted molar refractivity (Wildman–Crippen MR) is 134 cm³/mol. The van der Waals surface area contributed by atoms with Gasteiger partial charge >= 0.3 is 12.1 Å². The molecule has 0 saturated carbocycles. The van der Waals surface area contributed by atoms with Gasteiger partial charge in [-0.1, -0.05) is 0 Å². The van der Waals surface area contributed by atoms with E-state index in [1.165, 1.54) is 37.1 Å². The van der Waals surface area contributed by atoms with E-state index in [4.69, 9.17) is 9.90 Å². The molecule has 0 radical (unpaired) electrons. The van der Waals surface area contributed by atoms with Crippen LogP contribution in [-0.4, -0.2) is 69.2 Å². The maximum absolute atomic E-state index is 12.8. The van der Waals surface area contributed by atoms with Gasteiger partial charge in [0.05, 0.1) is 5.56 Å². The number of hydrogen-bond acceptors (Lipinski definition) is 5. The molecule has 2 unspecified atom stereocenters. The van der Waals surface area contributed by atoms with Gasteiger partial charge in [0.15, 0.2) is 0 Å². The second-order valence-corrected chi connectivity index (χ2v) is 9.46. The van der Waals surface area contributed by atoms with E-state index in [0.29, 0.717) is 23.3 Å². The third-order valence-corrected chi connectivity index (χ3v) is 6.94. The van der Waals surface area contributed by atoms with Crippen molar-refractivity contribution in [3.63, 3.8) is 0 Å². The minimum absolute atomic E-state index is 0.136. The Morgan fingerprint density at radius 1 is 1.14 bits per heavy atom. The quantitative estimate of drug-likeness (QED) is 0.526. The number of carboxylic acid groups (broad SMARTS) is 1. The fourth-order valence-electron chi connectivity index (χ4n) is 5.14. The minimum atomic E-state index is -5.08. The molecular weight excluding hydrogens is 487 g/mol. The van der Waals surface area contributed by atoms with Crippen molar-refractivity contribution >= 4 is 28.9 Å². The third kappa shape index (κ3) is 6.04. The summed E-state index contributed by atoms with van der Waals surface area (Å²) in [6.45, 7) is 7.93. The van der Waals surface area contributed by atoms with Crippen molar-refractivity contribution in [3.8, 4) is 0 Å². The number of halogens is 3. The Labute approximate surface area is 212 Å². The van der Waals surface area contributed by atoms with E-state index < -0.39 is 12.1 Å². The van der Waals surface area contributed by atoms with Crippen molar-refractivity contribution in [2.75, 3.05) is 29.9 Å². The van der Waals surface area contributed by atoms with Gasteiger partial charge in [-0.2, -0.15) is 13.2 Å². The molecule has 0 aliphatic carbocycles. The van der Waals surface area contributed by atoms with Crippen LogP contribution in [0.25, 0.3) is 5.65 Å². The molecule has 2 atom stereocenters. The van der Waals surface area contributed by atoms with Crippen LogP contribution in [0.15, 0.2) is 48.9 Å². The van der Waals surface area contributed by atoms with E-state index in [-0.39, 0.29) is 5.91 Å². The monoisotopic (exact) mass is 517 g/mol.